The van der Waals surface area contributed by atoms with Crippen molar-refractivity contribution in [2.45, 2.75) is 19.9 Å². The number of rotatable bonds is 4. The third kappa shape index (κ3) is 3.73. The van der Waals surface area contributed by atoms with Crippen LogP contribution in [0.25, 0.3) is 0 Å². The van der Waals surface area contributed by atoms with Crippen LogP contribution >= 0.6 is 23.9 Å². The number of carbonyl (C=O) groups is 1. The molecular weight excluding hydrogens is 284 g/mol. The van der Waals surface area contributed by atoms with E-state index >= 15 is 0 Å². The average Bonchev–Trinajstić information content (AvgIpc) is 2.88. The number of nitrogens with zero attached hydrogens (tertiary/aromatic N) is 2. The molecule has 0 atom stereocenters. The third-order valence-electron chi connectivity index (χ3n) is 2.54. The maximum atomic E-state index is 12.0. The predicted octanol–water partition coefficient (Wildman–Crippen LogP) is 2.23. The standard InChI is InChI=1S/C12H14N4OS.ClH/c1-2-10-11(18-16-15-10)12(17)14-9-5-3-8(7-13)4-6-9;/h3-6H,2,7,13H2,1H3,(H,14,17);1H. The van der Waals surface area contributed by atoms with E-state index in [1.807, 2.05) is 31.2 Å². The number of anilines is 1. The summed E-state index contributed by atoms with van der Waals surface area (Å²) in [5.41, 5.74) is 8.02. The van der Waals surface area contributed by atoms with Crippen LogP contribution in [0, 0.1) is 0 Å². The molecular formula is C12H15ClN4OS. The second-order valence-electron chi connectivity index (χ2n) is 3.76. The van der Waals surface area contributed by atoms with Crippen LogP contribution < -0.4 is 11.1 Å². The van der Waals surface area contributed by atoms with Crippen molar-refractivity contribution < 1.29 is 4.79 Å². The quantitative estimate of drug-likeness (QED) is 0.907. The zero-order valence-corrected chi connectivity index (χ0v) is 12.1. The molecule has 0 saturated heterocycles. The molecule has 0 aliphatic carbocycles. The Labute approximate surface area is 121 Å². The minimum atomic E-state index is -0.164. The van der Waals surface area contributed by atoms with Gasteiger partial charge in [0, 0.05) is 12.2 Å². The maximum Gasteiger partial charge on any atom is 0.269 e. The fourth-order valence-corrected chi connectivity index (χ4v) is 2.17. The second kappa shape index (κ2) is 7.18. The number of benzene rings is 1. The summed E-state index contributed by atoms with van der Waals surface area (Å²) >= 11 is 1.12. The minimum Gasteiger partial charge on any atom is -0.326 e. The van der Waals surface area contributed by atoms with Gasteiger partial charge in [0.15, 0.2) is 0 Å². The van der Waals surface area contributed by atoms with E-state index < -0.39 is 0 Å². The molecule has 1 heterocycles. The van der Waals surface area contributed by atoms with E-state index in [0.29, 0.717) is 17.8 Å². The van der Waals surface area contributed by atoms with Crippen LogP contribution in [0.5, 0.6) is 0 Å². The van der Waals surface area contributed by atoms with E-state index in [9.17, 15) is 4.79 Å². The number of hydrogen-bond donors (Lipinski definition) is 2. The van der Waals surface area contributed by atoms with Crippen molar-refractivity contribution in [3.05, 3.63) is 40.4 Å². The summed E-state index contributed by atoms with van der Waals surface area (Å²) in [6, 6.07) is 7.45. The fraction of sp³-hybridized carbons (Fsp3) is 0.250. The van der Waals surface area contributed by atoms with Gasteiger partial charge in [-0.25, -0.2) is 0 Å². The fourth-order valence-electron chi connectivity index (χ4n) is 1.52. The van der Waals surface area contributed by atoms with Crippen LogP contribution in [0.4, 0.5) is 5.69 Å². The van der Waals surface area contributed by atoms with E-state index in [2.05, 4.69) is 14.9 Å². The van der Waals surface area contributed by atoms with Gasteiger partial charge in [0.2, 0.25) is 0 Å². The topological polar surface area (TPSA) is 80.9 Å². The van der Waals surface area contributed by atoms with Gasteiger partial charge in [-0.2, -0.15) is 0 Å². The molecule has 0 unspecified atom stereocenters. The van der Waals surface area contributed by atoms with E-state index in [-0.39, 0.29) is 18.3 Å². The monoisotopic (exact) mass is 298 g/mol. The lowest BCUT2D eigenvalue weighted by Gasteiger charge is -2.04. The van der Waals surface area contributed by atoms with Crippen molar-refractivity contribution in [3.63, 3.8) is 0 Å². The van der Waals surface area contributed by atoms with Gasteiger partial charge in [-0.1, -0.05) is 23.5 Å². The molecule has 0 aliphatic heterocycles. The number of carbonyl (C=O) groups excluding carboxylic acids is 1. The summed E-state index contributed by atoms with van der Waals surface area (Å²) in [6.07, 6.45) is 0.700. The number of nitrogens with two attached hydrogens (primary N) is 1. The number of aryl methyl sites for hydroxylation is 1. The number of hydrogen-bond acceptors (Lipinski definition) is 5. The van der Waals surface area contributed by atoms with Gasteiger partial charge in [-0.05, 0) is 35.6 Å². The predicted molar refractivity (Wildman–Crippen MR) is 78.8 cm³/mol. The Morgan fingerprint density at radius 2 is 2.05 bits per heavy atom. The van der Waals surface area contributed by atoms with Crippen LogP contribution in [0.15, 0.2) is 24.3 Å². The first-order valence-corrected chi connectivity index (χ1v) is 6.43. The van der Waals surface area contributed by atoms with Crippen molar-refractivity contribution in [1.29, 1.82) is 0 Å². The number of halogens is 1. The zero-order chi connectivity index (χ0) is 13.0. The van der Waals surface area contributed by atoms with Gasteiger partial charge in [0.1, 0.15) is 4.88 Å². The highest BCUT2D eigenvalue weighted by atomic mass is 35.5. The first-order valence-electron chi connectivity index (χ1n) is 5.66. The Hall–Kier alpha value is -1.50. The number of nitrogens with one attached hydrogen (secondary N) is 1. The molecule has 1 amide bonds. The van der Waals surface area contributed by atoms with Crippen LogP contribution in [0.1, 0.15) is 27.9 Å². The molecule has 2 rings (SSSR count). The highest BCUT2D eigenvalue weighted by Crippen LogP contribution is 2.15. The van der Waals surface area contributed by atoms with Crippen LogP contribution in [-0.2, 0) is 13.0 Å². The van der Waals surface area contributed by atoms with E-state index in [1.54, 1.807) is 0 Å². The molecule has 0 bridgehead atoms. The first-order chi connectivity index (χ1) is 8.74. The van der Waals surface area contributed by atoms with Gasteiger partial charge < -0.3 is 11.1 Å². The van der Waals surface area contributed by atoms with Gasteiger partial charge in [-0.3, -0.25) is 4.79 Å². The zero-order valence-electron chi connectivity index (χ0n) is 10.4. The molecule has 19 heavy (non-hydrogen) atoms. The summed E-state index contributed by atoms with van der Waals surface area (Å²) < 4.78 is 3.80. The molecule has 0 fully saturated rings. The highest BCUT2D eigenvalue weighted by Gasteiger charge is 2.14. The van der Waals surface area contributed by atoms with Crippen LogP contribution in [0.2, 0.25) is 0 Å². The lowest BCUT2D eigenvalue weighted by Crippen LogP contribution is -2.12. The molecule has 102 valence electrons. The minimum absolute atomic E-state index is 0. The lowest BCUT2D eigenvalue weighted by molar-refractivity contribution is 0.102. The number of amides is 1. The molecule has 0 spiro atoms. The molecule has 5 nitrogen and oxygen atoms in total. The van der Waals surface area contributed by atoms with E-state index in [0.717, 1.165) is 28.5 Å². The Morgan fingerprint density at radius 3 is 2.63 bits per heavy atom. The lowest BCUT2D eigenvalue weighted by atomic mass is 10.2. The van der Waals surface area contributed by atoms with E-state index in [4.69, 9.17) is 5.73 Å². The summed E-state index contributed by atoms with van der Waals surface area (Å²) in [5.74, 6) is -0.164. The summed E-state index contributed by atoms with van der Waals surface area (Å²) in [4.78, 5) is 12.6. The van der Waals surface area contributed by atoms with E-state index in [1.165, 1.54) is 0 Å². The summed E-state index contributed by atoms with van der Waals surface area (Å²) in [7, 11) is 0. The van der Waals surface area contributed by atoms with Crippen LogP contribution in [-0.4, -0.2) is 15.5 Å². The molecule has 0 aliphatic rings. The second-order valence-corrected chi connectivity index (χ2v) is 4.51. The summed E-state index contributed by atoms with van der Waals surface area (Å²) in [6.45, 7) is 2.44. The first kappa shape index (κ1) is 15.6. The SMILES string of the molecule is CCc1nnsc1C(=O)Nc1ccc(CN)cc1.Cl. The van der Waals surface area contributed by atoms with Gasteiger partial charge >= 0.3 is 0 Å². The molecule has 2 aromatic rings. The van der Waals surface area contributed by atoms with Crippen molar-refractivity contribution in [2.24, 2.45) is 5.73 Å². The Balaban J connectivity index is 0.00000180. The molecule has 0 saturated carbocycles. The van der Waals surface area contributed by atoms with Crippen molar-refractivity contribution >= 4 is 35.5 Å². The van der Waals surface area contributed by atoms with Gasteiger partial charge in [0.05, 0.1) is 5.69 Å². The van der Waals surface area contributed by atoms with Crippen molar-refractivity contribution in [1.82, 2.24) is 9.59 Å². The number of aromatic nitrogens is 2. The molecule has 3 N–H and O–H groups in total. The molecule has 7 heteroatoms. The smallest absolute Gasteiger partial charge is 0.269 e. The highest BCUT2D eigenvalue weighted by molar-refractivity contribution is 7.08. The normalized spacial score (nSPS) is 9.79. The van der Waals surface area contributed by atoms with Gasteiger partial charge in [-0.15, -0.1) is 17.5 Å². The Kier molecular flexibility index (Phi) is 5.88. The Morgan fingerprint density at radius 1 is 1.37 bits per heavy atom. The molecule has 1 aromatic heterocycles. The largest absolute Gasteiger partial charge is 0.326 e. The van der Waals surface area contributed by atoms with Gasteiger partial charge in [0.25, 0.3) is 5.91 Å². The maximum absolute atomic E-state index is 12.0. The molecule has 0 radical (unpaired) electrons. The summed E-state index contributed by atoms with van der Waals surface area (Å²) in [5, 5.41) is 6.74. The van der Waals surface area contributed by atoms with Crippen LogP contribution in [0.3, 0.4) is 0 Å². The van der Waals surface area contributed by atoms with Crippen molar-refractivity contribution in [3.8, 4) is 0 Å². The molecule has 1 aromatic carbocycles. The van der Waals surface area contributed by atoms with Crippen molar-refractivity contribution in [2.75, 3.05) is 5.32 Å². The third-order valence-corrected chi connectivity index (χ3v) is 3.31. The average molecular weight is 299 g/mol. The Bertz CT molecular complexity index is 541.